The Hall–Kier alpha value is -9.46. The number of fused-ring (bicyclic) bond motifs is 9. The molecule has 0 amide bonds. The lowest BCUT2D eigenvalue weighted by atomic mass is 9.33. The van der Waals surface area contributed by atoms with Gasteiger partial charge < -0.3 is 14.7 Å². The van der Waals surface area contributed by atoms with Gasteiger partial charge in [0.2, 0.25) is 0 Å². The summed E-state index contributed by atoms with van der Waals surface area (Å²) in [5.41, 5.74) is 19.2. The Morgan fingerprint density at radius 3 is 1.31 bits per heavy atom. The van der Waals surface area contributed by atoms with Gasteiger partial charge in [-0.2, -0.15) is 0 Å². The van der Waals surface area contributed by atoms with Crippen LogP contribution in [0.2, 0.25) is 0 Å². The zero-order valence-corrected chi connectivity index (χ0v) is 44.4. The van der Waals surface area contributed by atoms with E-state index in [1.807, 2.05) is 11.3 Å². The number of para-hydroxylation sites is 2. The first-order valence-electron chi connectivity index (χ1n) is 26.9. The van der Waals surface area contributed by atoms with Crippen molar-refractivity contribution in [2.45, 2.75) is 0 Å². The van der Waals surface area contributed by atoms with Crippen LogP contribution < -0.4 is 51.8 Å². The molecule has 4 heterocycles. The van der Waals surface area contributed by atoms with Gasteiger partial charge in [0.05, 0.1) is 0 Å². The second-order valence-electron chi connectivity index (χ2n) is 20.7. The highest BCUT2D eigenvalue weighted by Gasteiger charge is 2.50. The van der Waals surface area contributed by atoms with Crippen molar-refractivity contribution in [3.63, 3.8) is 0 Å². The van der Waals surface area contributed by atoms with Crippen molar-refractivity contribution < 1.29 is 0 Å². The Labute approximate surface area is 459 Å². The van der Waals surface area contributed by atoms with Crippen LogP contribution in [-0.2, 0) is 0 Å². The quantitative estimate of drug-likeness (QED) is 0.147. The Bertz CT molecular complexity index is 4330. The smallest absolute Gasteiger partial charge is 0.252 e. The second kappa shape index (κ2) is 17.8. The third-order valence-corrected chi connectivity index (χ3v) is 22.7. The predicted molar refractivity (Wildman–Crippen MR) is 336 cm³/mol. The molecule has 0 aliphatic carbocycles. The number of hydrogen-bond donors (Lipinski definition) is 0. The monoisotopic (exact) mass is 1030 g/mol. The van der Waals surface area contributed by atoms with E-state index in [9.17, 15) is 0 Å². The lowest BCUT2D eigenvalue weighted by Crippen LogP contribution is -2.77. The van der Waals surface area contributed by atoms with Gasteiger partial charge in [-0.1, -0.05) is 218 Å². The molecule has 0 spiro atoms. The first kappa shape index (κ1) is 44.8. The van der Waals surface area contributed by atoms with Gasteiger partial charge in [-0.25, -0.2) is 0 Å². The molecule has 0 bridgehead atoms. The van der Waals surface area contributed by atoms with Crippen molar-refractivity contribution in [1.82, 2.24) is 0 Å². The molecule has 0 radical (unpaired) electrons. The van der Waals surface area contributed by atoms with E-state index in [1.54, 1.807) is 0 Å². The number of benzene rings is 12. The molecule has 0 atom stereocenters. The number of anilines is 9. The second-order valence-corrected chi connectivity index (χ2v) is 25.6. The molecule has 3 aliphatic rings. The zero-order valence-electron chi connectivity index (χ0n) is 42.5. The molecule has 1 aromatic heterocycles. The predicted octanol–water partition coefficient (Wildman–Crippen LogP) is 14.6. The molecule has 3 aliphatic heterocycles. The molecule has 364 valence electrons. The van der Waals surface area contributed by atoms with Crippen molar-refractivity contribution in [2.24, 2.45) is 0 Å². The minimum Gasteiger partial charge on any atom is -0.311 e. The average Bonchev–Trinajstić information content (AvgIpc) is 3.81. The maximum Gasteiger partial charge on any atom is 0.252 e. The van der Waals surface area contributed by atoms with Gasteiger partial charge in [0, 0.05) is 66.0 Å². The minimum atomic E-state index is -3.02. The van der Waals surface area contributed by atoms with Crippen molar-refractivity contribution in [3.8, 4) is 22.3 Å². The van der Waals surface area contributed by atoms with Crippen molar-refractivity contribution in [1.29, 1.82) is 0 Å². The SMILES string of the molecule is c1ccc(-c2ccc3c(c2)N(c2ccc4c(c2)N(c2ccccc2)c2cccc5c2B4c2cc4c(cc2N5c2ccccc2)sc2ccccc24)c2cc(-c4ccccc4)ccc2[Si]3(c2ccccc2)c2ccccc2)cc1. The molecule has 0 saturated heterocycles. The molecule has 0 unspecified atom stereocenters. The Balaban J connectivity index is 1.00. The van der Waals surface area contributed by atoms with Gasteiger partial charge in [-0.15, -0.1) is 11.3 Å². The Kier molecular flexibility index (Phi) is 10.2. The van der Waals surface area contributed by atoms with E-state index in [0.717, 1.165) is 17.1 Å². The highest BCUT2D eigenvalue weighted by Crippen LogP contribution is 2.49. The van der Waals surface area contributed by atoms with Gasteiger partial charge in [0.25, 0.3) is 6.71 Å². The molecule has 6 heteroatoms. The normalized spacial score (nSPS) is 13.6. The molecule has 0 fully saturated rings. The summed E-state index contributed by atoms with van der Waals surface area (Å²) in [6.45, 7) is -0.0512. The summed E-state index contributed by atoms with van der Waals surface area (Å²) < 4.78 is 2.60. The summed E-state index contributed by atoms with van der Waals surface area (Å²) >= 11 is 1.89. The number of rotatable bonds is 7. The zero-order chi connectivity index (χ0) is 51.3. The van der Waals surface area contributed by atoms with E-state index in [0.29, 0.717) is 0 Å². The molecule has 16 rings (SSSR count). The minimum absolute atomic E-state index is 0.0512. The van der Waals surface area contributed by atoms with Crippen LogP contribution in [0, 0.1) is 0 Å². The van der Waals surface area contributed by atoms with E-state index >= 15 is 0 Å². The van der Waals surface area contributed by atoms with E-state index < -0.39 is 8.07 Å². The van der Waals surface area contributed by atoms with Crippen LogP contribution in [0.1, 0.15) is 0 Å². The average molecular weight is 1030 g/mol. The van der Waals surface area contributed by atoms with E-state index in [4.69, 9.17) is 0 Å². The number of hydrogen-bond acceptors (Lipinski definition) is 4. The lowest BCUT2D eigenvalue weighted by molar-refractivity contribution is 1.24. The third-order valence-electron chi connectivity index (χ3n) is 16.7. The Morgan fingerprint density at radius 2 is 0.756 bits per heavy atom. The fourth-order valence-electron chi connectivity index (χ4n) is 13.4. The summed E-state index contributed by atoms with van der Waals surface area (Å²) in [6, 6.07) is 109. The van der Waals surface area contributed by atoms with Crippen LogP contribution >= 0.6 is 11.3 Å². The van der Waals surface area contributed by atoms with Gasteiger partial charge in [0.1, 0.15) is 0 Å². The first-order valence-corrected chi connectivity index (χ1v) is 29.8. The Morgan fingerprint density at radius 1 is 0.282 bits per heavy atom. The van der Waals surface area contributed by atoms with Crippen molar-refractivity contribution in [3.05, 3.63) is 291 Å². The molecule has 3 nitrogen and oxygen atoms in total. The van der Waals surface area contributed by atoms with E-state index in [2.05, 4.69) is 306 Å². The fraction of sp³-hybridized carbons (Fsp3) is 0. The largest absolute Gasteiger partial charge is 0.311 e. The van der Waals surface area contributed by atoms with E-state index in [1.165, 1.54) is 114 Å². The molecule has 0 saturated carbocycles. The first-order chi connectivity index (χ1) is 38.7. The van der Waals surface area contributed by atoms with Crippen LogP contribution in [0.3, 0.4) is 0 Å². The summed E-state index contributed by atoms with van der Waals surface area (Å²) in [5.74, 6) is 0. The van der Waals surface area contributed by atoms with Gasteiger partial charge in [-0.05, 0) is 138 Å². The van der Waals surface area contributed by atoms with E-state index in [-0.39, 0.29) is 6.71 Å². The highest BCUT2D eigenvalue weighted by atomic mass is 32.1. The molecular formula is C72H48BN3SSi. The molecule has 12 aromatic carbocycles. The van der Waals surface area contributed by atoms with Crippen LogP contribution in [-0.4, -0.2) is 14.8 Å². The van der Waals surface area contributed by atoms with Crippen LogP contribution in [0.5, 0.6) is 0 Å². The van der Waals surface area contributed by atoms with Gasteiger partial charge in [0.15, 0.2) is 8.07 Å². The number of thiophene rings is 1. The standard InChI is InChI=1S/C72H48BN3SSi/c1-7-22-49(23-8-1)51-38-42-70-66(44-51)76(67-45-52(50-24-9-2-10-25-50)39-43-71(67)78(70,56-30-15-5-16-31-56)57-32-17-6-18-33-57)55-40-41-60-64(46-55)74(53-26-11-3-12-27-53)62-35-21-36-63-72(62)73(60)61-47-59-58-34-19-20-37-68(58)77-69(59)48-65(61)75(63)54-28-13-4-14-29-54/h1-48H. The summed E-state index contributed by atoms with van der Waals surface area (Å²) in [7, 11) is -3.02. The third kappa shape index (κ3) is 6.70. The lowest BCUT2D eigenvalue weighted by Gasteiger charge is -2.46. The fourth-order valence-corrected chi connectivity index (χ4v) is 19.6. The number of nitrogens with zero attached hydrogens (tertiary/aromatic N) is 3. The molecule has 13 aromatic rings. The van der Waals surface area contributed by atoms with Crippen molar-refractivity contribution in [2.75, 3.05) is 14.7 Å². The molecular weight excluding hydrogens is 978 g/mol. The van der Waals surface area contributed by atoms with Crippen LogP contribution in [0.4, 0.5) is 51.2 Å². The van der Waals surface area contributed by atoms with Crippen LogP contribution in [0.25, 0.3) is 42.4 Å². The summed E-state index contributed by atoms with van der Waals surface area (Å²) in [5, 5.41) is 8.06. The van der Waals surface area contributed by atoms with Crippen molar-refractivity contribution >= 4 is 135 Å². The maximum absolute atomic E-state index is 3.02. The highest BCUT2D eigenvalue weighted by molar-refractivity contribution is 7.26. The maximum atomic E-state index is 2.61. The summed E-state index contributed by atoms with van der Waals surface area (Å²) in [4.78, 5) is 7.67. The molecule has 78 heavy (non-hydrogen) atoms. The molecule has 0 N–H and O–H groups in total. The van der Waals surface area contributed by atoms with Gasteiger partial charge >= 0.3 is 0 Å². The topological polar surface area (TPSA) is 9.72 Å². The summed E-state index contributed by atoms with van der Waals surface area (Å²) in [6.07, 6.45) is 0. The van der Waals surface area contributed by atoms with Gasteiger partial charge in [-0.3, -0.25) is 0 Å². The van der Waals surface area contributed by atoms with Crippen LogP contribution in [0.15, 0.2) is 291 Å².